The summed E-state index contributed by atoms with van der Waals surface area (Å²) < 4.78 is 4.01. The highest BCUT2D eigenvalue weighted by atomic mass is 16.5. The molecule has 0 amide bonds. The van der Waals surface area contributed by atoms with Gasteiger partial charge in [-0.2, -0.15) is 0 Å². The number of rotatable bonds is 8. The highest BCUT2D eigenvalue weighted by Gasteiger charge is 2.05. The third-order valence-corrected chi connectivity index (χ3v) is 1.83. The van der Waals surface area contributed by atoms with Crippen molar-refractivity contribution in [3.63, 3.8) is 0 Å². The number of ether oxygens (including phenoxy) is 1. The average molecular weight is 267 g/mol. The Morgan fingerprint density at radius 1 is 1.06 bits per heavy atom. The van der Waals surface area contributed by atoms with E-state index in [2.05, 4.69) is 4.74 Å². The van der Waals surface area contributed by atoms with E-state index in [1.54, 1.807) is 4.90 Å². The van der Waals surface area contributed by atoms with Crippen molar-refractivity contribution in [3.8, 4) is 0 Å². The lowest BCUT2D eigenvalue weighted by molar-refractivity contribution is -0.143. The molecular formula is C10H21NO7. The molecule has 0 fully saturated rings. The Morgan fingerprint density at radius 2 is 1.56 bits per heavy atom. The molecule has 0 aromatic rings. The zero-order valence-corrected chi connectivity index (χ0v) is 10.4. The van der Waals surface area contributed by atoms with Crippen molar-refractivity contribution < 1.29 is 34.8 Å². The summed E-state index contributed by atoms with van der Waals surface area (Å²) in [5.41, 5.74) is 0. The average Bonchev–Trinajstić information content (AvgIpc) is 2.36. The van der Waals surface area contributed by atoms with Gasteiger partial charge < -0.3 is 25.2 Å². The Bertz CT molecular complexity index is 210. The van der Waals surface area contributed by atoms with E-state index < -0.39 is 18.5 Å². The van der Waals surface area contributed by atoms with Crippen LogP contribution in [0.5, 0.6) is 0 Å². The second-order valence-electron chi connectivity index (χ2n) is 3.17. The summed E-state index contributed by atoms with van der Waals surface area (Å²) in [7, 11) is 1.22. The molecule has 0 aromatic carbocycles. The number of nitrogens with zero attached hydrogens (tertiary/aromatic N) is 1. The fourth-order valence-electron chi connectivity index (χ4n) is 0.937. The smallest absolute Gasteiger partial charge is 0.331 e. The van der Waals surface area contributed by atoms with Gasteiger partial charge in [-0.3, -0.25) is 9.69 Å². The van der Waals surface area contributed by atoms with Gasteiger partial charge in [0.25, 0.3) is 0 Å². The summed E-state index contributed by atoms with van der Waals surface area (Å²) >= 11 is 0. The van der Waals surface area contributed by atoms with Gasteiger partial charge in [0, 0.05) is 19.6 Å². The van der Waals surface area contributed by atoms with Crippen LogP contribution in [-0.4, -0.2) is 83.8 Å². The minimum Gasteiger partial charge on any atom is -0.481 e. The molecule has 0 aliphatic carbocycles. The first-order valence-corrected chi connectivity index (χ1v) is 5.35. The second-order valence-corrected chi connectivity index (χ2v) is 3.17. The van der Waals surface area contributed by atoms with Crippen LogP contribution >= 0.6 is 0 Å². The number of esters is 1. The van der Waals surface area contributed by atoms with Crippen LogP contribution in [0.3, 0.4) is 0 Å². The zero-order valence-electron chi connectivity index (χ0n) is 10.4. The molecular weight excluding hydrogens is 246 g/mol. The van der Waals surface area contributed by atoms with Gasteiger partial charge in [-0.15, -0.1) is 0 Å². The molecule has 0 radical (unpaired) electrons. The van der Waals surface area contributed by atoms with Crippen LogP contribution in [-0.2, 0) is 14.3 Å². The molecule has 0 spiro atoms. The number of carboxylic acids is 1. The van der Waals surface area contributed by atoms with E-state index in [-0.39, 0.29) is 19.6 Å². The van der Waals surface area contributed by atoms with Crippen molar-refractivity contribution in [2.75, 3.05) is 46.6 Å². The van der Waals surface area contributed by atoms with E-state index in [0.717, 1.165) is 0 Å². The molecule has 0 saturated carbocycles. The van der Waals surface area contributed by atoms with Crippen LogP contribution in [0.4, 0.5) is 0 Å². The molecule has 0 aromatic heterocycles. The molecule has 8 heteroatoms. The summed E-state index contributed by atoms with van der Waals surface area (Å²) in [6.45, 7) is 0.633. The first kappa shape index (κ1) is 19.1. The number of aliphatic hydroxyl groups is 3. The predicted octanol–water partition coefficient (Wildman–Crippen LogP) is -2.10. The normalized spacial score (nSPS) is 9.61. The SMILES string of the molecule is COC(=O)CO.O=C(O)CCN(CCO)CCO. The van der Waals surface area contributed by atoms with Gasteiger partial charge >= 0.3 is 11.9 Å². The number of hydrogen-bond donors (Lipinski definition) is 4. The standard InChI is InChI=1S/C7H15NO4.C3H6O3/c9-5-3-8(4-6-10)2-1-7(11)12;1-6-3(5)2-4/h9-10H,1-6H2,(H,11,12);4H,2H2,1H3. The zero-order chi connectivity index (χ0) is 14.4. The number of carboxylic acid groups (broad SMARTS) is 1. The Hall–Kier alpha value is -1.22. The van der Waals surface area contributed by atoms with Crippen molar-refractivity contribution in [1.82, 2.24) is 4.90 Å². The monoisotopic (exact) mass is 267 g/mol. The van der Waals surface area contributed by atoms with E-state index in [1.165, 1.54) is 7.11 Å². The van der Waals surface area contributed by atoms with Crippen molar-refractivity contribution in [3.05, 3.63) is 0 Å². The molecule has 0 rings (SSSR count). The van der Waals surface area contributed by atoms with Crippen LogP contribution in [0.15, 0.2) is 0 Å². The van der Waals surface area contributed by atoms with Crippen LogP contribution in [0, 0.1) is 0 Å². The van der Waals surface area contributed by atoms with E-state index in [4.69, 9.17) is 20.4 Å². The lowest BCUT2D eigenvalue weighted by Gasteiger charge is -2.18. The molecule has 4 N–H and O–H groups in total. The predicted molar refractivity (Wildman–Crippen MR) is 62.0 cm³/mol. The third kappa shape index (κ3) is 14.8. The molecule has 0 unspecified atom stereocenters. The van der Waals surface area contributed by atoms with Crippen molar-refractivity contribution in [1.29, 1.82) is 0 Å². The summed E-state index contributed by atoms with van der Waals surface area (Å²) in [4.78, 5) is 21.6. The first-order chi connectivity index (χ1) is 8.51. The lowest BCUT2D eigenvalue weighted by atomic mass is 10.3. The number of hydrogen-bond acceptors (Lipinski definition) is 7. The van der Waals surface area contributed by atoms with Gasteiger partial charge in [0.05, 0.1) is 26.7 Å². The number of carbonyl (C=O) groups excluding carboxylic acids is 1. The summed E-state index contributed by atoms with van der Waals surface area (Å²) in [6, 6.07) is 0. The molecule has 0 atom stereocenters. The van der Waals surface area contributed by atoms with Gasteiger partial charge in [-0.1, -0.05) is 0 Å². The number of methoxy groups -OCH3 is 1. The molecule has 0 saturated heterocycles. The Kier molecular flexibility index (Phi) is 14.7. The summed E-state index contributed by atoms with van der Waals surface area (Å²) in [5.74, 6) is -1.47. The minimum atomic E-state index is -0.865. The molecule has 0 aliphatic rings. The molecule has 0 bridgehead atoms. The number of carbonyl (C=O) groups is 2. The maximum atomic E-state index is 10.2. The van der Waals surface area contributed by atoms with E-state index in [1.807, 2.05) is 0 Å². The quantitative estimate of drug-likeness (QED) is 0.368. The van der Waals surface area contributed by atoms with Crippen molar-refractivity contribution in [2.24, 2.45) is 0 Å². The fourth-order valence-corrected chi connectivity index (χ4v) is 0.937. The number of aliphatic carboxylic acids is 1. The molecule has 0 heterocycles. The molecule has 0 aliphatic heterocycles. The third-order valence-electron chi connectivity index (χ3n) is 1.83. The Morgan fingerprint density at radius 3 is 1.78 bits per heavy atom. The van der Waals surface area contributed by atoms with Gasteiger partial charge in [0.2, 0.25) is 0 Å². The fraction of sp³-hybridized carbons (Fsp3) is 0.800. The van der Waals surface area contributed by atoms with E-state index >= 15 is 0 Å². The van der Waals surface area contributed by atoms with Gasteiger partial charge in [0.15, 0.2) is 0 Å². The van der Waals surface area contributed by atoms with Gasteiger partial charge in [-0.25, -0.2) is 4.79 Å². The maximum Gasteiger partial charge on any atom is 0.331 e. The largest absolute Gasteiger partial charge is 0.481 e. The topological polar surface area (TPSA) is 128 Å². The van der Waals surface area contributed by atoms with E-state index in [9.17, 15) is 9.59 Å². The highest BCUT2D eigenvalue weighted by molar-refractivity contribution is 5.70. The van der Waals surface area contributed by atoms with Crippen LogP contribution in [0.25, 0.3) is 0 Å². The van der Waals surface area contributed by atoms with Crippen LogP contribution in [0.1, 0.15) is 6.42 Å². The molecule has 18 heavy (non-hydrogen) atoms. The van der Waals surface area contributed by atoms with Crippen molar-refractivity contribution >= 4 is 11.9 Å². The summed E-state index contributed by atoms with van der Waals surface area (Å²) in [6.07, 6.45) is 0.0417. The highest BCUT2D eigenvalue weighted by Crippen LogP contribution is 1.90. The maximum absolute atomic E-state index is 10.2. The van der Waals surface area contributed by atoms with Crippen molar-refractivity contribution in [2.45, 2.75) is 6.42 Å². The Labute approximate surface area is 105 Å². The van der Waals surface area contributed by atoms with E-state index in [0.29, 0.717) is 19.6 Å². The molecule has 108 valence electrons. The minimum absolute atomic E-state index is 0.0143. The lowest BCUT2D eigenvalue weighted by Crippen LogP contribution is -2.31. The van der Waals surface area contributed by atoms with Gasteiger partial charge in [0.1, 0.15) is 6.61 Å². The second kappa shape index (κ2) is 13.8. The van der Waals surface area contributed by atoms with Gasteiger partial charge in [-0.05, 0) is 0 Å². The Balaban J connectivity index is 0. The van der Waals surface area contributed by atoms with Crippen LogP contribution in [0.2, 0.25) is 0 Å². The first-order valence-electron chi connectivity index (χ1n) is 5.35. The van der Waals surface area contributed by atoms with Crippen LogP contribution < -0.4 is 0 Å². The summed E-state index contributed by atoms with van der Waals surface area (Å²) in [5, 5.41) is 33.3. The number of aliphatic hydroxyl groups excluding tert-OH is 3. The molecule has 8 nitrogen and oxygen atoms in total.